The van der Waals surface area contributed by atoms with E-state index in [-0.39, 0.29) is 16.6 Å². The Hall–Kier alpha value is -2.83. The number of hydrogen-bond donors (Lipinski definition) is 2. The van der Waals surface area contributed by atoms with E-state index in [0.29, 0.717) is 11.2 Å². The highest BCUT2D eigenvalue weighted by molar-refractivity contribution is 5.91. The van der Waals surface area contributed by atoms with Crippen LogP contribution in [0.15, 0.2) is 42.6 Å². The van der Waals surface area contributed by atoms with Gasteiger partial charge in [0.1, 0.15) is 0 Å². The van der Waals surface area contributed by atoms with Gasteiger partial charge in [-0.25, -0.2) is 4.79 Å². The number of H-pyrrole nitrogens is 1. The van der Waals surface area contributed by atoms with Crippen molar-refractivity contribution in [1.29, 1.82) is 0 Å². The molecule has 0 saturated heterocycles. The summed E-state index contributed by atoms with van der Waals surface area (Å²) in [6, 6.07) is 7.78. The number of benzene rings is 1. The fraction of sp³-hybridized carbons (Fsp3) is 0.0667. The van der Waals surface area contributed by atoms with Crippen molar-refractivity contribution in [3.8, 4) is 11.4 Å². The van der Waals surface area contributed by atoms with E-state index in [1.54, 1.807) is 0 Å². The number of fused-ring (bicyclic) bond motifs is 1. The summed E-state index contributed by atoms with van der Waals surface area (Å²) in [4.78, 5) is 17.8. The van der Waals surface area contributed by atoms with Gasteiger partial charge in [0.15, 0.2) is 0 Å². The first-order valence-electron chi connectivity index (χ1n) is 6.25. The average Bonchev–Trinajstić information content (AvgIpc) is 2.90. The quantitative estimate of drug-likeness (QED) is 0.753. The summed E-state index contributed by atoms with van der Waals surface area (Å²) in [6.07, 6.45) is -3.16. The summed E-state index contributed by atoms with van der Waals surface area (Å²) < 4.78 is 39.0. The molecule has 22 heavy (non-hydrogen) atoms. The van der Waals surface area contributed by atoms with Crippen molar-refractivity contribution in [2.75, 3.05) is 0 Å². The van der Waals surface area contributed by atoms with Gasteiger partial charge in [-0.15, -0.1) is 0 Å². The molecule has 7 heteroatoms. The molecule has 0 saturated carbocycles. The third kappa shape index (κ3) is 2.41. The minimum atomic E-state index is -4.46. The molecule has 0 atom stereocenters. The number of carboxylic acid groups (broad SMARTS) is 1. The molecule has 0 amide bonds. The molecule has 1 aromatic carbocycles. The Kier molecular flexibility index (Phi) is 3.13. The topological polar surface area (TPSA) is 66.0 Å². The molecule has 3 rings (SSSR count). The summed E-state index contributed by atoms with van der Waals surface area (Å²) >= 11 is 0. The maximum atomic E-state index is 13.0. The average molecular weight is 306 g/mol. The Bertz CT molecular complexity index is 869. The van der Waals surface area contributed by atoms with Crippen LogP contribution in [0.1, 0.15) is 15.9 Å². The van der Waals surface area contributed by atoms with Gasteiger partial charge < -0.3 is 10.1 Å². The number of pyridine rings is 1. The molecule has 0 aliphatic heterocycles. The van der Waals surface area contributed by atoms with Gasteiger partial charge in [0, 0.05) is 17.1 Å². The second-order valence-corrected chi connectivity index (χ2v) is 4.68. The SMILES string of the molecule is O=C(O)c1ccnc(-c2cc3c(C(F)(F)F)cccc3[nH]2)c1. The Balaban J connectivity index is 2.17. The fourth-order valence-electron chi connectivity index (χ4n) is 2.25. The fourth-order valence-corrected chi connectivity index (χ4v) is 2.25. The lowest BCUT2D eigenvalue weighted by molar-refractivity contribution is -0.136. The van der Waals surface area contributed by atoms with Crippen molar-refractivity contribution >= 4 is 16.9 Å². The molecular weight excluding hydrogens is 297 g/mol. The van der Waals surface area contributed by atoms with E-state index in [1.165, 1.54) is 36.5 Å². The lowest BCUT2D eigenvalue weighted by Crippen LogP contribution is -2.04. The summed E-state index contributed by atoms with van der Waals surface area (Å²) in [7, 11) is 0. The second kappa shape index (κ2) is 4.87. The predicted octanol–water partition coefficient (Wildman–Crippen LogP) is 3.95. The normalized spacial score (nSPS) is 11.8. The molecule has 0 aliphatic carbocycles. The van der Waals surface area contributed by atoms with Gasteiger partial charge >= 0.3 is 12.1 Å². The van der Waals surface area contributed by atoms with Crippen molar-refractivity contribution in [2.45, 2.75) is 6.18 Å². The summed E-state index contributed by atoms with van der Waals surface area (Å²) in [5, 5.41) is 8.98. The van der Waals surface area contributed by atoms with Crippen LogP contribution >= 0.6 is 0 Å². The first-order valence-corrected chi connectivity index (χ1v) is 6.25. The van der Waals surface area contributed by atoms with Crippen LogP contribution < -0.4 is 0 Å². The molecule has 112 valence electrons. The molecule has 0 aliphatic rings. The number of halogens is 3. The number of aromatic nitrogens is 2. The smallest absolute Gasteiger partial charge is 0.417 e. The number of rotatable bonds is 2. The molecule has 4 nitrogen and oxygen atoms in total. The molecular formula is C15H9F3N2O2. The zero-order chi connectivity index (χ0) is 15.9. The number of nitrogens with one attached hydrogen (secondary N) is 1. The van der Waals surface area contributed by atoms with Crippen molar-refractivity contribution < 1.29 is 23.1 Å². The van der Waals surface area contributed by atoms with Crippen molar-refractivity contribution in [2.24, 2.45) is 0 Å². The number of hydrogen-bond acceptors (Lipinski definition) is 2. The van der Waals surface area contributed by atoms with Gasteiger partial charge in [-0.1, -0.05) is 6.07 Å². The van der Waals surface area contributed by atoms with Crippen molar-refractivity contribution in [1.82, 2.24) is 9.97 Å². The summed E-state index contributed by atoms with van der Waals surface area (Å²) in [5.74, 6) is -1.13. The molecule has 0 spiro atoms. The first-order chi connectivity index (χ1) is 10.4. The third-order valence-electron chi connectivity index (χ3n) is 3.25. The van der Waals surface area contributed by atoms with Crippen LogP contribution in [0.25, 0.3) is 22.3 Å². The van der Waals surface area contributed by atoms with Crippen LogP contribution in [0, 0.1) is 0 Å². The minimum absolute atomic E-state index is 0.0136. The molecule has 0 bridgehead atoms. The van der Waals surface area contributed by atoms with E-state index in [9.17, 15) is 18.0 Å². The number of aromatic amines is 1. The standard InChI is InChI=1S/C15H9F3N2O2/c16-15(17,18)10-2-1-3-11-9(10)7-13(20-11)12-6-8(14(21)22)4-5-19-12/h1-7,20H,(H,21,22). The highest BCUT2D eigenvalue weighted by Crippen LogP contribution is 2.36. The highest BCUT2D eigenvalue weighted by atomic mass is 19.4. The van der Waals surface area contributed by atoms with Crippen LogP contribution in [0.2, 0.25) is 0 Å². The van der Waals surface area contributed by atoms with E-state index in [4.69, 9.17) is 5.11 Å². The number of carboxylic acids is 1. The third-order valence-corrected chi connectivity index (χ3v) is 3.25. The van der Waals surface area contributed by atoms with Crippen LogP contribution in [0.4, 0.5) is 13.2 Å². The Labute approximate surface area is 122 Å². The van der Waals surface area contributed by atoms with Crippen LogP contribution in [-0.4, -0.2) is 21.0 Å². The number of carbonyl (C=O) groups is 1. The predicted molar refractivity (Wildman–Crippen MR) is 73.5 cm³/mol. The number of alkyl halides is 3. The van der Waals surface area contributed by atoms with Crippen LogP contribution in [-0.2, 0) is 6.18 Å². The molecule has 2 aromatic heterocycles. The van der Waals surface area contributed by atoms with Crippen molar-refractivity contribution in [3.05, 3.63) is 53.7 Å². The molecule has 2 heterocycles. The molecule has 0 radical (unpaired) electrons. The van der Waals surface area contributed by atoms with Crippen LogP contribution in [0.3, 0.4) is 0 Å². The minimum Gasteiger partial charge on any atom is -0.478 e. The van der Waals surface area contributed by atoms with Gasteiger partial charge in [-0.3, -0.25) is 4.98 Å². The summed E-state index contributed by atoms with van der Waals surface area (Å²) in [5.41, 5.74) is 0.174. The van der Waals surface area contributed by atoms with Gasteiger partial charge in [0.25, 0.3) is 0 Å². The lowest BCUT2D eigenvalue weighted by Gasteiger charge is -2.06. The van der Waals surface area contributed by atoms with Gasteiger partial charge in [-0.05, 0) is 30.3 Å². The maximum absolute atomic E-state index is 13.0. The Morgan fingerprint density at radius 2 is 1.95 bits per heavy atom. The monoisotopic (exact) mass is 306 g/mol. The largest absolute Gasteiger partial charge is 0.478 e. The Morgan fingerprint density at radius 1 is 1.18 bits per heavy atom. The van der Waals surface area contributed by atoms with E-state index in [0.717, 1.165) is 6.07 Å². The second-order valence-electron chi connectivity index (χ2n) is 4.68. The van der Waals surface area contributed by atoms with Gasteiger partial charge in [-0.2, -0.15) is 13.2 Å². The highest BCUT2D eigenvalue weighted by Gasteiger charge is 2.32. The van der Waals surface area contributed by atoms with Gasteiger partial charge in [0.2, 0.25) is 0 Å². The molecule has 2 N–H and O–H groups in total. The first kappa shape index (κ1) is 14.1. The number of nitrogens with zero attached hydrogens (tertiary/aromatic N) is 1. The van der Waals surface area contributed by atoms with E-state index in [1.807, 2.05) is 0 Å². The Morgan fingerprint density at radius 3 is 2.64 bits per heavy atom. The maximum Gasteiger partial charge on any atom is 0.417 e. The summed E-state index contributed by atoms with van der Waals surface area (Å²) in [6.45, 7) is 0. The molecule has 0 fully saturated rings. The van der Waals surface area contributed by atoms with E-state index in [2.05, 4.69) is 9.97 Å². The van der Waals surface area contributed by atoms with E-state index >= 15 is 0 Å². The molecule has 0 unspecified atom stereocenters. The number of aromatic carboxylic acids is 1. The zero-order valence-corrected chi connectivity index (χ0v) is 11.0. The lowest BCUT2D eigenvalue weighted by atomic mass is 10.1. The van der Waals surface area contributed by atoms with E-state index < -0.39 is 17.7 Å². The molecule has 3 aromatic rings. The zero-order valence-electron chi connectivity index (χ0n) is 11.0. The van der Waals surface area contributed by atoms with Gasteiger partial charge in [0.05, 0.1) is 22.5 Å². The van der Waals surface area contributed by atoms with Crippen LogP contribution in [0.5, 0.6) is 0 Å². The van der Waals surface area contributed by atoms with Crippen molar-refractivity contribution in [3.63, 3.8) is 0 Å².